The number of halogens is 1. The first-order chi connectivity index (χ1) is 4.63. The fraction of sp³-hybridized carbons (Fsp3) is 0.333. The van der Waals surface area contributed by atoms with E-state index < -0.39 is 0 Å². The number of rotatable bonds is 1. The average molecular weight is 159 g/mol. The Labute approximate surface area is 63.4 Å². The predicted octanol–water partition coefficient (Wildman–Crippen LogP) is 1.57. The molecule has 0 amide bonds. The minimum atomic E-state index is -0.0590. The maximum atomic E-state index is 10.8. The summed E-state index contributed by atoms with van der Waals surface area (Å²) in [4.78, 5) is 10.8. The van der Waals surface area contributed by atoms with Gasteiger partial charge in [0.1, 0.15) is 0 Å². The van der Waals surface area contributed by atoms with Crippen molar-refractivity contribution < 1.29 is 4.79 Å². The maximum absolute atomic E-state index is 10.8. The van der Waals surface area contributed by atoms with Crippen molar-refractivity contribution >= 4 is 17.4 Å². The lowest BCUT2D eigenvalue weighted by Crippen LogP contribution is -1.92. The number of hydrogen-bond acceptors (Lipinski definition) is 2. The van der Waals surface area contributed by atoms with E-state index in [4.69, 9.17) is 11.6 Å². The normalized spacial score (nSPS) is 9.90. The minimum Gasteiger partial charge on any atom is -0.294 e. The van der Waals surface area contributed by atoms with E-state index in [0.29, 0.717) is 5.56 Å². The lowest BCUT2D eigenvalue weighted by molar-refractivity contribution is 0.101. The number of carbonyl (C=O) groups is 1. The van der Waals surface area contributed by atoms with Gasteiger partial charge in [-0.2, -0.15) is 5.10 Å². The van der Waals surface area contributed by atoms with Gasteiger partial charge < -0.3 is 0 Å². The van der Waals surface area contributed by atoms with E-state index in [-0.39, 0.29) is 10.9 Å². The van der Waals surface area contributed by atoms with Crippen LogP contribution in [0.2, 0.25) is 5.15 Å². The van der Waals surface area contributed by atoms with Crippen molar-refractivity contribution in [3.8, 4) is 0 Å². The standard InChI is InChI=1S/C6H7ClN2O/c1-3-5(4(2)10)6(7)9-8-3/h1-2H3,(H,8,9). The van der Waals surface area contributed by atoms with Crippen LogP contribution in [0.1, 0.15) is 23.0 Å². The van der Waals surface area contributed by atoms with Gasteiger partial charge >= 0.3 is 0 Å². The van der Waals surface area contributed by atoms with Crippen LogP contribution in [0.15, 0.2) is 0 Å². The van der Waals surface area contributed by atoms with Crippen LogP contribution in [0.25, 0.3) is 0 Å². The zero-order chi connectivity index (χ0) is 7.72. The van der Waals surface area contributed by atoms with Gasteiger partial charge in [-0.05, 0) is 13.8 Å². The molecule has 1 aromatic rings. The van der Waals surface area contributed by atoms with Crippen LogP contribution < -0.4 is 0 Å². The predicted molar refractivity (Wildman–Crippen MR) is 38.3 cm³/mol. The fourth-order valence-electron chi connectivity index (χ4n) is 0.809. The highest BCUT2D eigenvalue weighted by atomic mass is 35.5. The first-order valence-electron chi connectivity index (χ1n) is 2.84. The molecule has 1 rings (SSSR count). The van der Waals surface area contributed by atoms with Gasteiger partial charge in [0.15, 0.2) is 10.9 Å². The summed E-state index contributed by atoms with van der Waals surface area (Å²) >= 11 is 5.58. The van der Waals surface area contributed by atoms with Gasteiger partial charge in [-0.3, -0.25) is 9.89 Å². The Morgan fingerprint density at radius 2 is 2.30 bits per heavy atom. The Morgan fingerprint density at radius 1 is 1.70 bits per heavy atom. The molecule has 0 aliphatic rings. The molecule has 0 bridgehead atoms. The zero-order valence-electron chi connectivity index (χ0n) is 5.73. The molecular formula is C6H7ClN2O. The molecule has 4 heteroatoms. The molecule has 1 heterocycles. The molecule has 0 spiro atoms. The first kappa shape index (κ1) is 7.28. The fourth-order valence-corrected chi connectivity index (χ4v) is 1.13. The molecule has 0 saturated carbocycles. The van der Waals surface area contributed by atoms with Crippen molar-refractivity contribution in [1.82, 2.24) is 10.2 Å². The molecular weight excluding hydrogens is 152 g/mol. The molecule has 3 nitrogen and oxygen atoms in total. The third kappa shape index (κ3) is 1.04. The van der Waals surface area contributed by atoms with E-state index in [1.807, 2.05) is 0 Å². The molecule has 0 atom stereocenters. The largest absolute Gasteiger partial charge is 0.294 e. The molecule has 0 unspecified atom stereocenters. The van der Waals surface area contributed by atoms with Gasteiger partial charge in [-0.25, -0.2) is 0 Å². The SMILES string of the molecule is CC(=O)c1c(Cl)n[nH]c1C. The van der Waals surface area contributed by atoms with Gasteiger partial charge in [0.25, 0.3) is 0 Å². The van der Waals surface area contributed by atoms with Crippen LogP contribution in [0, 0.1) is 6.92 Å². The van der Waals surface area contributed by atoms with Gasteiger partial charge in [0, 0.05) is 5.69 Å². The number of carbonyl (C=O) groups excluding carboxylic acids is 1. The molecule has 54 valence electrons. The topological polar surface area (TPSA) is 45.8 Å². The second-order valence-corrected chi connectivity index (χ2v) is 2.43. The number of aromatic nitrogens is 2. The summed E-state index contributed by atoms with van der Waals surface area (Å²) in [6, 6.07) is 0. The van der Waals surface area contributed by atoms with E-state index in [1.54, 1.807) is 6.92 Å². The van der Waals surface area contributed by atoms with Crippen LogP contribution >= 0.6 is 11.6 Å². The van der Waals surface area contributed by atoms with Crippen molar-refractivity contribution in [3.63, 3.8) is 0 Å². The number of aromatic amines is 1. The van der Waals surface area contributed by atoms with Gasteiger partial charge in [0.2, 0.25) is 0 Å². The highest BCUT2D eigenvalue weighted by Gasteiger charge is 2.11. The molecule has 10 heavy (non-hydrogen) atoms. The number of nitrogens with zero attached hydrogens (tertiary/aromatic N) is 1. The summed E-state index contributed by atoms with van der Waals surface area (Å²) in [5, 5.41) is 6.53. The smallest absolute Gasteiger partial charge is 0.164 e. The number of ketones is 1. The molecule has 0 saturated heterocycles. The molecule has 0 fully saturated rings. The van der Waals surface area contributed by atoms with E-state index in [9.17, 15) is 4.79 Å². The highest BCUT2D eigenvalue weighted by Crippen LogP contribution is 2.15. The van der Waals surface area contributed by atoms with Crippen molar-refractivity contribution in [2.75, 3.05) is 0 Å². The van der Waals surface area contributed by atoms with Crippen molar-refractivity contribution in [3.05, 3.63) is 16.4 Å². The summed E-state index contributed by atoms with van der Waals surface area (Å²) in [5.74, 6) is -0.0590. The highest BCUT2D eigenvalue weighted by molar-refractivity contribution is 6.32. The van der Waals surface area contributed by atoms with Gasteiger partial charge in [-0.1, -0.05) is 11.6 Å². The van der Waals surface area contributed by atoms with Crippen molar-refractivity contribution in [2.45, 2.75) is 13.8 Å². The lowest BCUT2D eigenvalue weighted by atomic mass is 10.2. The summed E-state index contributed by atoms with van der Waals surface area (Å²) < 4.78 is 0. The summed E-state index contributed by atoms with van der Waals surface area (Å²) in [7, 11) is 0. The number of H-pyrrole nitrogens is 1. The molecule has 0 aliphatic carbocycles. The monoisotopic (exact) mass is 158 g/mol. The molecule has 0 aliphatic heterocycles. The van der Waals surface area contributed by atoms with E-state index in [1.165, 1.54) is 6.92 Å². The Hall–Kier alpha value is -0.830. The number of Topliss-reactive ketones (excluding diaryl/α,β-unsaturated/α-hetero) is 1. The molecule has 1 aromatic heterocycles. The van der Waals surface area contributed by atoms with Crippen molar-refractivity contribution in [1.29, 1.82) is 0 Å². The number of hydrogen-bond donors (Lipinski definition) is 1. The Morgan fingerprint density at radius 3 is 2.50 bits per heavy atom. The molecule has 1 N–H and O–H groups in total. The zero-order valence-corrected chi connectivity index (χ0v) is 6.49. The van der Waals surface area contributed by atoms with Crippen molar-refractivity contribution in [2.24, 2.45) is 0 Å². The Kier molecular flexibility index (Phi) is 1.76. The second-order valence-electron chi connectivity index (χ2n) is 2.07. The Balaban J connectivity index is 3.23. The third-order valence-electron chi connectivity index (χ3n) is 1.26. The van der Waals surface area contributed by atoms with Gasteiger partial charge in [-0.15, -0.1) is 0 Å². The average Bonchev–Trinajstić information content (AvgIpc) is 2.11. The van der Waals surface area contributed by atoms with E-state index >= 15 is 0 Å². The first-order valence-corrected chi connectivity index (χ1v) is 3.22. The quantitative estimate of drug-likeness (QED) is 0.631. The van der Waals surface area contributed by atoms with Crippen LogP contribution in [0.4, 0.5) is 0 Å². The summed E-state index contributed by atoms with van der Waals surface area (Å²) in [6.45, 7) is 3.22. The summed E-state index contributed by atoms with van der Waals surface area (Å²) in [6.07, 6.45) is 0. The molecule has 0 aromatic carbocycles. The van der Waals surface area contributed by atoms with Crippen LogP contribution in [0.5, 0.6) is 0 Å². The third-order valence-corrected chi connectivity index (χ3v) is 1.53. The number of nitrogens with one attached hydrogen (secondary N) is 1. The van der Waals surface area contributed by atoms with Gasteiger partial charge in [0.05, 0.1) is 5.56 Å². The number of aryl methyl sites for hydroxylation is 1. The van der Waals surface area contributed by atoms with E-state index in [2.05, 4.69) is 10.2 Å². The van der Waals surface area contributed by atoms with E-state index in [0.717, 1.165) is 5.69 Å². The van der Waals surface area contributed by atoms with Crippen LogP contribution in [-0.2, 0) is 0 Å². The summed E-state index contributed by atoms with van der Waals surface area (Å²) in [5.41, 5.74) is 1.21. The van der Waals surface area contributed by atoms with Crippen LogP contribution in [-0.4, -0.2) is 16.0 Å². The Bertz CT molecular complexity index is 247. The minimum absolute atomic E-state index is 0.0590. The maximum Gasteiger partial charge on any atom is 0.164 e. The lowest BCUT2D eigenvalue weighted by Gasteiger charge is -1.89. The molecule has 0 radical (unpaired) electrons. The van der Waals surface area contributed by atoms with Crippen LogP contribution in [0.3, 0.4) is 0 Å². The second kappa shape index (κ2) is 2.42.